The Morgan fingerprint density at radius 3 is 2.55 bits per heavy atom. The molecule has 0 bridgehead atoms. The molecule has 118 valence electrons. The van der Waals surface area contributed by atoms with Gasteiger partial charge in [-0.25, -0.2) is 0 Å². The molecule has 0 amide bonds. The Balaban J connectivity index is 1.76. The second-order valence-electron chi connectivity index (χ2n) is 7.19. The minimum absolute atomic E-state index is 0.535. The van der Waals surface area contributed by atoms with Gasteiger partial charge in [0.05, 0.1) is 12.7 Å². The highest BCUT2D eigenvalue weighted by atomic mass is 16.5. The summed E-state index contributed by atoms with van der Waals surface area (Å²) in [5, 5.41) is 3.76. The molecule has 0 aromatic carbocycles. The molecule has 2 aliphatic carbocycles. The van der Waals surface area contributed by atoms with E-state index in [-0.39, 0.29) is 0 Å². The van der Waals surface area contributed by atoms with Crippen LogP contribution in [0, 0.1) is 11.8 Å². The van der Waals surface area contributed by atoms with E-state index in [2.05, 4.69) is 19.2 Å². The van der Waals surface area contributed by atoms with Gasteiger partial charge in [0.25, 0.3) is 0 Å². The Kier molecular flexibility index (Phi) is 7.37. The zero-order chi connectivity index (χ0) is 14.2. The molecule has 3 atom stereocenters. The molecule has 0 saturated heterocycles. The zero-order valence-electron chi connectivity index (χ0n) is 13.7. The molecule has 20 heavy (non-hydrogen) atoms. The predicted molar refractivity (Wildman–Crippen MR) is 86.0 cm³/mol. The van der Waals surface area contributed by atoms with Crippen molar-refractivity contribution >= 4 is 0 Å². The summed E-state index contributed by atoms with van der Waals surface area (Å²) >= 11 is 0. The second-order valence-corrected chi connectivity index (χ2v) is 7.19. The van der Waals surface area contributed by atoms with Crippen LogP contribution in [0.15, 0.2) is 0 Å². The van der Waals surface area contributed by atoms with Gasteiger partial charge in [0.15, 0.2) is 0 Å². The van der Waals surface area contributed by atoms with E-state index in [0.29, 0.717) is 12.1 Å². The SMILES string of the molecule is CCCNC(COC1CCCC(C)C1)C1CCCCC1. The Labute approximate surface area is 126 Å². The van der Waals surface area contributed by atoms with Crippen molar-refractivity contribution in [2.24, 2.45) is 11.8 Å². The molecule has 2 fully saturated rings. The highest BCUT2D eigenvalue weighted by Crippen LogP contribution is 2.29. The molecule has 0 aromatic rings. The van der Waals surface area contributed by atoms with Crippen LogP contribution in [0.1, 0.15) is 78.1 Å². The maximum Gasteiger partial charge on any atom is 0.0626 e. The van der Waals surface area contributed by atoms with Gasteiger partial charge in [-0.15, -0.1) is 0 Å². The number of hydrogen-bond donors (Lipinski definition) is 1. The van der Waals surface area contributed by atoms with Crippen molar-refractivity contribution in [3.05, 3.63) is 0 Å². The van der Waals surface area contributed by atoms with Crippen molar-refractivity contribution in [2.45, 2.75) is 90.2 Å². The predicted octanol–water partition coefficient (Wildman–Crippen LogP) is 4.53. The first kappa shape index (κ1) is 16.3. The molecule has 2 rings (SSSR count). The van der Waals surface area contributed by atoms with Gasteiger partial charge in [0.1, 0.15) is 0 Å². The van der Waals surface area contributed by atoms with Crippen LogP contribution >= 0.6 is 0 Å². The maximum absolute atomic E-state index is 6.30. The molecule has 0 radical (unpaired) electrons. The summed E-state index contributed by atoms with van der Waals surface area (Å²) in [4.78, 5) is 0. The summed E-state index contributed by atoms with van der Waals surface area (Å²) in [6.07, 6.45) is 14.2. The van der Waals surface area contributed by atoms with Gasteiger partial charge in [-0.3, -0.25) is 0 Å². The Morgan fingerprint density at radius 2 is 1.85 bits per heavy atom. The largest absolute Gasteiger partial charge is 0.377 e. The first-order valence-electron chi connectivity index (χ1n) is 9.14. The number of ether oxygens (including phenoxy) is 1. The monoisotopic (exact) mass is 281 g/mol. The lowest BCUT2D eigenvalue weighted by atomic mass is 9.84. The number of rotatable bonds is 7. The van der Waals surface area contributed by atoms with E-state index in [4.69, 9.17) is 4.74 Å². The van der Waals surface area contributed by atoms with Gasteiger partial charge in [-0.1, -0.05) is 46.0 Å². The van der Waals surface area contributed by atoms with Crippen molar-refractivity contribution in [1.82, 2.24) is 5.32 Å². The molecular weight excluding hydrogens is 246 g/mol. The second kappa shape index (κ2) is 9.04. The molecule has 2 aliphatic rings. The minimum Gasteiger partial charge on any atom is -0.377 e. The Morgan fingerprint density at radius 1 is 1.05 bits per heavy atom. The fourth-order valence-electron chi connectivity index (χ4n) is 4.00. The third-order valence-corrected chi connectivity index (χ3v) is 5.28. The van der Waals surface area contributed by atoms with Crippen LogP contribution in [0.2, 0.25) is 0 Å². The molecule has 2 heteroatoms. The van der Waals surface area contributed by atoms with E-state index in [1.165, 1.54) is 64.2 Å². The normalized spacial score (nSPS) is 30.3. The van der Waals surface area contributed by atoms with E-state index in [1.54, 1.807) is 0 Å². The fraction of sp³-hybridized carbons (Fsp3) is 1.00. The Bertz CT molecular complexity index is 250. The van der Waals surface area contributed by atoms with Gasteiger partial charge in [0, 0.05) is 6.04 Å². The van der Waals surface area contributed by atoms with Gasteiger partial charge in [-0.05, 0) is 50.5 Å². The van der Waals surface area contributed by atoms with Crippen molar-refractivity contribution in [1.29, 1.82) is 0 Å². The van der Waals surface area contributed by atoms with Crippen LogP contribution in [-0.4, -0.2) is 25.3 Å². The van der Waals surface area contributed by atoms with Crippen LogP contribution in [0.4, 0.5) is 0 Å². The van der Waals surface area contributed by atoms with Crippen molar-refractivity contribution in [3.8, 4) is 0 Å². The first-order chi connectivity index (χ1) is 9.79. The molecule has 2 saturated carbocycles. The van der Waals surface area contributed by atoms with Crippen LogP contribution in [0.3, 0.4) is 0 Å². The summed E-state index contributed by atoms with van der Waals surface area (Å²) in [5.74, 6) is 1.72. The number of nitrogens with one attached hydrogen (secondary N) is 1. The highest BCUT2D eigenvalue weighted by molar-refractivity contribution is 4.80. The summed E-state index contributed by atoms with van der Waals surface area (Å²) in [6.45, 7) is 6.73. The van der Waals surface area contributed by atoms with Gasteiger partial charge in [0.2, 0.25) is 0 Å². The highest BCUT2D eigenvalue weighted by Gasteiger charge is 2.25. The number of hydrogen-bond acceptors (Lipinski definition) is 2. The van der Waals surface area contributed by atoms with Crippen LogP contribution in [0.25, 0.3) is 0 Å². The third-order valence-electron chi connectivity index (χ3n) is 5.28. The Hall–Kier alpha value is -0.0800. The van der Waals surface area contributed by atoms with Crippen molar-refractivity contribution < 1.29 is 4.74 Å². The van der Waals surface area contributed by atoms with Crippen LogP contribution in [0.5, 0.6) is 0 Å². The summed E-state index contributed by atoms with van der Waals surface area (Å²) in [7, 11) is 0. The molecule has 0 spiro atoms. The molecular formula is C18H35NO. The summed E-state index contributed by atoms with van der Waals surface area (Å²) < 4.78 is 6.30. The van der Waals surface area contributed by atoms with E-state index < -0.39 is 0 Å². The van der Waals surface area contributed by atoms with Gasteiger partial charge >= 0.3 is 0 Å². The van der Waals surface area contributed by atoms with Gasteiger partial charge < -0.3 is 10.1 Å². The average Bonchev–Trinajstić information content (AvgIpc) is 2.48. The van der Waals surface area contributed by atoms with E-state index in [0.717, 1.165) is 25.0 Å². The average molecular weight is 281 g/mol. The summed E-state index contributed by atoms with van der Waals surface area (Å²) in [5.41, 5.74) is 0. The molecule has 0 aliphatic heterocycles. The zero-order valence-corrected chi connectivity index (χ0v) is 13.7. The quantitative estimate of drug-likeness (QED) is 0.740. The fourth-order valence-corrected chi connectivity index (χ4v) is 4.00. The van der Waals surface area contributed by atoms with Crippen molar-refractivity contribution in [3.63, 3.8) is 0 Å². The van der Waals surface area contributed by atoms with E-state index >= 15 is 0 Å². The molecule has 1 N–H and O–H groups in total. The maximum atomic E-state index is 6.30. The van der Waals surface area contributed by atoms with Crippen LogP contribution in [-0.2, 0) is 4.74 Å². The van der Waals surface area contributed by atoms with Gasteiger partial charge in [-0.2, -0.15) is 0 Å². The van der Waals surface area contributed by atoms with E-state index in [9.17, 15) is 0 Å². The lowest BCUT2D eigenvalue weighted by Gasteiger charge is -2.33. The smallest absolute Gasteiger partial charge is 0.0626 e. The molecule has 0 heterocycles. The topological polar surface area (TPSA) is 21.3 Å². The van der Waals surface area contributed by atoms with Crippen molar-refractivity contribution in [2.75, 3.05) is 13.2 Å². The standard InChI is InChI=1S/C18H35NO/c1-3-12-19-18(16-9-5-4-6-10-16)14-20-17-11-7-8-15(2)13-17/h15-19H,3-14H2,1-2H3. The molecule has 3 unspecified atom stereocenters. The lowest BCUT2D eigenvalue weighted by Crippen LogP contribution is -2.42. The first-order valence-corrected chi connectivity index (χ1v) is 9.14. The minimum atomic E-state index is 0.535. The van der Waals surface area contributed by atoms with Crippen LogP contribution < -0.4 is 5.32 Å². The van der Waals surface area contributed by atoms with E-state index in [1.807, 2.05) is 0 Å². The summed E-state index contributed by atoms with van der Waals surface area (Å²) in [6, 6.07) is 0.604. The molecule has 2 nitrogen and oxygen atoms in total. The molecule has 0 aromatic heterocycles. The lowest BCUT2D eigenvalue weighted by molar-refractivity contribution is -0.00636. The third kappa shape index (κ3) is 5.37.